The van der Waals surface area contributed by atoms with Gasteiger partial charge < -0.3 is 15.4 Å². The first kappa shape index (κ1) is 10.8. The molecule has 1 saturated heterocycles. The fraction of sp³-hybridized carbons (Fsp3) is 0.500. The van der Waals surface area contributed by atoms with E-state index in [1.807, 2.05) is 6.92 Å². The van der Waals surface area contributed by atoms with Gasteiger partial charge in [-0.3, -0.25) is 4.79 Å². The van der Waals surface area contributed by atoms with E-state index in [2.05, 4.69) is 15.1 Å². The minimum Gasteiger partial charge on any atom is -0.375 e. The number of carbonyl (C=O) groups is 1. The molecule has 16 heavy (non-hydrogen) atoms. The van der Waals surface area contributed by atoms with Crippen LogP contribution in [0.5, 0.6) is 0 Å². The quantitative estimate of drug-likeness (QED) is 0.749. The van der Waals surface area contributed by atoms with Crippen molar-refractivity contribution in [2.45, 2.75) is 13.0 Å². The maximum atomic E-state index is 10.8. The molecule has 6 heteroatoms. The van der Waals surface area contributed by atoms with Gasteiger partial charge >= 0.3 is 0 Å². The molecule has 1 aliphatic heterocycles. The standard InChI is InChI=1S/C10H14N4O2/c1-7-6-14(4-5-16-7)9-3-2-8(10(11)15)12-13-9/h2-3,7H,4-6H2,1H3,(H2,11,15). The highest BCUT2D eigenvalue weighted by atomic mass is 16.5. The Labute approximate surface area is 93.4 Å². The van der Waals surface area contributed by atoms with Crippen LogP contribution in [0, 0.1) is 0 Å². The smallest absolute Gasteiger partial charge is 0.269 e. The molecule has 1 amide bonds. The van der Waals surface area contributed by atoms with Crippen LogP contribution in [0.1, 0.15) is 17.4 Å². The van der Waals surface area contributed by atoms with Gasteiger partial charge in [-0.05, 0) is 19.1 Å². The summed E-state index contributed by atoms with van der Waals surface area (Å²) in [6, 6.07) is 3.34. The normalized spacial score (nSPS) is 20.8. The van der Waals surface area contributed by atoms with Crippen LogP contribution in [0.3, 0.4) is 0 Å². The fourth-order valence-corrected chi connectivity index (χ4v) is 1.65. The number of primary amides is 1. The van der Waals surface area contributed by atoms with Crippen LogP contribution in [0.2, 0.25) is 0 Å². The van der Waals surface area contributed by atoms with E-state index in [9.17, 15) is 4.79 Å². The Balaban J connectivity index is 2.11. The van der Waals surface area contributed by atoms with Gasteiger partial charge in [-0.15, -0.1) is 10.2 Å². The molecule has 2 N–H and O–H groups in total. The molecule has 1 aromatic rings. The number of aromatic nitrogens is 2. The number of morpholine rings is 1. The van der Waals surface area contributed by atoms with E-state index in [4.69, 9.17) is 10.5 Å². The third-order valence-electron chi connectivity index (χ3n) is 2.47. The fourth-order valence-electron chi connectivity index (χ4n) is 1.65. The highest BCUT2D eigenvalue weighted by Crippen LogP contribution is 2.13. The van der Waals surface area contributed by atoms with Crippen molar-refractivity contribution in [1.82, 2.24) is 10.2 Å². The van der Waals surface area contributed by atoms with E-state index in [1.165, 1.54) is 0 Å². The van der Waals surface area contributed by atoms with E-state index < -0.39 is 5.91 Å². The van der Waals surface area contributed by atoms with Gasteiger partial charge in [-0.1, -0.05) is 0 Å². The second-order valence-corrected chi connectivity index (χ2v) is 3.77. The minimum absolute atomic E-state index is 0.185. The third kappa shape index (κ3) is 2.27. The lowest BCUT2D eigenvalue weighted by Gasteiger charge is -2.31. The van der Waals surface area contributed by atoms with E-state index in [0.717, 1.165) is 18.9 Å². The maximum Gasteiger partial charge on any atom is 0.269 e. The highest BCUT2D eigenvalue weighted by Gasteiger charge is 2.18. The molecule has 0 bridgehead atoms. The van der Waals surface area contributed by atoms with Crippen LogP contribution in [-0.2, 0) is 4.74 Å². The van der Waals surface area contributed by atoms with Gasteiger partial charge in [0.25, 0.3) is 5.91 Å². The van der Waals surface area contributed by atoms with Crippen molar-refractivity contribution in [2.75, 3.05) is 24.6 Å². The summed E-state index contributed by atoms with van der Waals surface area (Å²) in [7, 11) is 0. The summed E-state index contributed by atoms with van der Waals surface area (Å²) >= 11 is 0. The summed E-state index contributed by atoms with van der Waals surface area (Å²) in [4.78, 5) is 12.9. The van der Waals surface area contributed by atoms with Gasteiger partial charge in [0.05, 0.1) is 12.7 Å². The Bertz CT molecular complexity index is 379. The van der Waals surface area contributed by atoms with E-state index in [1.54, 1.807) is 12.1 Å². The zero-order valence-corrected chi connectivity index (χ0v) is 9.09. The van der Waals surface area contributed by atoms with Crippen LogP contribution < -0.4 is 10.6 Å². The molecule has 0 aliphatic carbocycles. The number of rotatable bonds is 2. The second-order valence-electron chi connectivity index (χ2n) is 3.77. The number of anilines is 1. The van der Waals surface area contributed by atoms with Crippen molar-refractivity contribution in [3.63, 3.8) is 0 Å². The van der Waals surface area contributed by atoms with Crippen LogP contribution in [0.4, 0.5) is 5.82 Å². The molecule has 0 saturated carbocycles. The Kier molecular flexibility index (Phi) is 3.00. The van der Waals surface area contributed by atoms with Crippen LogP contribution in [0.25, 0.3) is 0 Å². The van der Waals surface area contributed by atoms with Crippen LogP contribution in [0.15, 0.2) is 12.1 Å². The first-order valence-electron chi connectivity index (χ1n) is 5.17. The van der Waals surface area contributed by atoms with Crippen molar-refractivity contribution in [2.24, 2.45) is 5.73 Å². The van der Waals surface area contributed by atoms with Gasteiger partial charge in [0.15, 0.2) is 11.5 Å². The average Bonchev–Trinajstić information content (AvgIpc) is 2.29. The Morgan fingerprint density at radius 2 is 2.38 bits per heavy atom. The number of hydrogen-bond acceptors (Lipinski definition) is 5. The van der Waals surface area contributed by atoms with E-state index >= 15 is 0 Å². The number of ether oxygens (including phenoxy) is 1. The lowest BCUT2D eigenvalue weighted by atomic mass is 10.3. The summed E-state index contributed by atoms with van der Waals surface area (Å²) in [6.07, 6.45) is 0.186. The van der Waals surface area contributed by atoms with Crippen molar-refractivity contribution in [1.29, 1.82) is 0 Å². The van der Waals surface area contributed by atoms with Crippen molar-refractivity contribution < 1.29 is 9.53 Å². The van der Waals surface area contributed by atoms with Crippen LogP contribution >= 0.6 is 0 Å². The number of hydrogen-bond donors (Lipinski definition) is 1. The summed E-state index contributed by atoms with van der Waals surface area (Å²) in [5, 5.41) is 7.75. The molecule has 86 valence electrons. The summed E-state index contributed by atoms with van der Waals surface area (Å²) in [6.45, 7) is 4.26. The zero-order chi connectivity index (χ0) is 11.5. The van der Waals surface area contributed by atoms with Crippen LogP contribution in [-0.4, -0.2) is 41.9 Å². The van der Waals surface area contributed by atoms with E-state index in [-0.39, 0.29) is 11.8 Å². The average molecular weight is 222 g/mol. The third-order valence-corrected chi connectivity index (χ3v) is 2.47. The lowest BCUT2D eigenvalue weighted by Crippen LogP contribution is -2.41. The molecule has 0 aromatic carbocycles. The predicted octanol–water partition coefficient (Wildman–Crippen LogP) is -0.199. The molecule has 6 nitrogen and oxygen atoms in total. The molecule has 1 fully saturated rings. The molecular formula is C10H14N4O2. The zero-order valence-electron chi connectivity index (χ0n) is 9.09. The number of carbonyl (C=O) groups excluding carboxylic acids is 1. The lowest BCUT2D eigenvalue weighted by molar-refractivity contribution is 0.0528. The maximum absolute atomic E-state index is 10.8. The molecule has 2 rings (SSSR count). The monoisotopic (exact) mass is 222 g/mol. The van der Waals surface area contributed by atoms with Gasteiger partial charge in [0.1, 0.15) is 0 Å². The van der Waals surface area contributed by atoms with Gasteiger partial charge in [0.2, 0.25) is 0 Å². The summed E-state index contributed by atoms with van der Waals surface area (Å²) in [5.74, 6) is 0.189. The molecule has 1 aromatic heterocycles. The highest BCUT2D eigenvalue weighted by molar-refractivity contribution is 5.90. The molecule has 1 aliphatic rings. The number of nitrogens with zero attached hydrogens (tertiary/aromatic N) is 3. The predicted molar refractivity (Wildman–Crippen MR) is 58.2 cm³/mol. The Morgan fingerprint density at radius 1 is 1.56 bits per heavy atom. The first-order chi connectivity index (χ1) is 7.66. The molecule has 1 atom stereocenters. The van der Waals surface area contributed by atoms with Gasteiger partial charge in [0, 0.05) is 13.1 Å². The number of amides is 1. The Morgan fingerprint density at radius 3 is 2.94 bits per heavy atom. The number of nitrogens with two attached hydrogens (primary N) is 1. The molecular weight excluding hydrogens is 208 g/mol. The topological polar surface area (TPSA) is 81.3 Å². The van der Waals surface area contributed by atoms with E-state index in [0.29, 0.717) is 6.61 Å². The molecule has 1 unspecified atom stereocenters. The van der Waals surface area contributed by atoms with Crippen molar-refractivity contribution in [3.05, 3.63) is 17.8 Å². The molecule has 0 spiro atoms. The molecule has 2 heterocycles. The van der Waals surface area contributed by atoms with Gasteiger partial charge in [-0.2, -0.15) is 0 Å². The SMILES string of the molecule is CC1CN(c2ccc(C(N)=O)nn2)CCO1. The summed E-state index contributed by atoms with van der Waals surface area (Å²) < 4.78 is 5.43. The van der Waals surface area contributed by atoms with Crippen molar-refractivity contribution >= 4 is 11.7 Å². The summed E-state index contributed by atoms with van der Waals surface area (Å²) in [5.41, 5.74) is 5.27. The largest absolute Gasteiger partial charge is 0.375 e. The molecule has 0 radical (unpaired) electrons. The second kappa shape index (κ2) is 4.44. The minimum atomic E-state index is -0.561. The first-order valence-corrected chi connectivity index (χ1v) is 5.17. The van der Waals surface area contributed by atoms with Gasteiger partial charge in [-0.25, -0.2) is 0 Å². The van der Waals surface area contributed by atoms with Crippen molar-refractivity contribution in [3.8, 4) is 0 Å². The Hall–Kier alpha value is -1.69.